The third-order valence-electron chi connectivity index (χ3n) is 4.45. The fraction of sp³-hybridized carbons (Fsp3) is 0.316. The normalized spacial score (nSPS) is 18.1. The van der Waals surface area contributed by atoms with Crippen LogP contribution < -0.4 is 10.6 Å². The van der Waals surface area contributed by atoms with Crippen molar-refractivity contribution in [3.05, 3.63) is 58.9 Å². The number of carbonyl (C=O) groups excluding carboxylic acids is 2. The number of benzene rings is 1. The summed E-state index contributed by atoms with van der Waals surface area (Å²) in [5, 5.41) is 5.50. The number of pyridine rings is 1. The minimum Gasteiger partial charge on any atom is -0.347 e. The highest BCUT2D eigenvalue weighted by Crippen LogP contribution is 2.17. The second-order valence-corrected chi connectivity index (χ2v) is 9.00. The highest BCUT2D eigenvalue weighted by atomic mass is 32.2. The Kier molecular flexibility index (Phi) is 5.27. The second kappa shape index (κ2) is 7.48. The maximum atomic E-state index is 12.5. The van der Waals surface area contributed by atoms with Gasteiger partial charge in [0.15, 0.2) is 9.84 Å². The lowest BCUT2D eigenvalue weighted by molar-refractivity contribution is 0.0936. The van der Waals surface area contributed by atoms with E-state index >= 15 is 0 Å². The average Bonchev–Trinajstić information content (AvgIpc) is 2.96. The van der Waals surface area contributed by atoms with Crippen molar-refractivity contribution in [3.63, 3.8) is 0 Å². The molecule has 0 bridgehead atoms. The predicted molar refractivity (Wildman–Crippen MR) is 103 cm³/mol. The summed E-state index contributed by atoms with van der Waals surface area (Å²) < 4.78 is 23.0. The third kappa shape index (κ3) is 4.71. The number of carbonyl (C=O) groups is 2. The molecular weight excluding hydrogens is 366 g/mol. The molecule has 27 heavy (non-hydrogen) atoms. The van der Waals surface area contributed by atoms with Crippen molar-refractivity contribution < 1.29 is 18.0 Å². The van der Waals surface area contributed by atoms with E-state index < -0.39 is 21.8 Å². The number of sulfone groups is 1. The third-order valence-corrected chi connectivity index (χ3v) is 6.22. The zero-order chi connectivity index (χ0) is 19.6. The summed E-state index contributed by atoms with van der Waals surface area (Å²) in [6.07, 6.45) is 1.78. The fourth-order valence-electron chi connectivity index (χ4n) is 3.01. The van der Waals surface area contributed by atoms with Crippen LogP contribution in [0.5, 0.6) is 0 Å². The van der Waals surface area contributed by atoms with E-state index in [4.69, 9.17) is 0 Å². The Hall–Kier alpha value is -2.74. The number of hydrogen-bond donors (Lipinski definition) is 2. The summed E-state index contributed by atoms with van der Waals surface area (Å²) in [5.41, 5.74) is 3.12. The van der Waals surface area contributed by atoms with Crippen molar-refractivity contribution in [2.75, 3.05) is 16.8 Å². The number of amides is 2. The summed E-state index contributed by atoms with van der Waals surface area (Å²) >= 11 is 0. The van der Waals surface area contributed by atoms with Crippen LogP contribution in [0.2, 0.25) is 0 Å². The fourth-order valence-corrected chi connectivity index (χ4v) is 4.69. The van der Waals surface area contributed by atoms with Gasteiger partial charge in [0.2, 0.25) is 0 Å². The van der Waals surface area contributed by atoms with Gasteiger partial charge in [-0.15, -0.1) is 0 Å². The molecule has 1 atom stereocenters. The molecule has 1 aliphatic heterocycles. The lowest BCUT2D eigenvalue weighted by Gasteiger charge is -2.12. The van der Waals surface area contributed by atoms with Gasteiger partial charge in [-0.25, -0.2) is 8.42 Å². The van der Waals surface area contributed by atoms with E-state index in [-0.39, 0.29) is 23.1 Å². The Labute approximate surface area is 158 Å². The summed E-state index contributed by atoms with van der Waals surface area (Å²) in [6.45, 7) is 3.88. The Morgan fingerprint density at radius 1 is 1.11 bits per heavy atom. The molecule has 2 N–H and O–H groups in total. The maximum Gasteiger partial charge on any atom is 0.270 e. The van der Waals surface area contributed by atoms with Crippen LogP contribution in [0.25, 0.3) is 0 Å². The maximum absolute atomic E-state index is 12.5. The first kappa shape index (κ1) is 19.0. The monoisotopic (exact) mass is 387 g/mol. The number of aromatic nitrogens is 1. The molecule has 2 amide bonds. The van der Waals surface area contributed by atoms with Gasteiger partial charge in [0.05, 0.1) is 11.5 Å². The molecule has 1 aliphatic rings. The van der Waals surface area contributed by atoms with E-state index in [1.165, 1.54) is 18.3 Å². The van der Waals surface area contributed by atoms with E-state index in [0.29, 0.717) is 17.7 Å². The molecule has 1 fully saturated rings. The molecule has 1 aromatic carbocycles. The Bertz CT molecular complexity index is 1000. The largest absolute Gasteiger partial charge is 0.347 e. The second-order valence-electron chi connectivity index (χ2n) is 6.78. The molecule has 1 saturated heterocycles. The van der Waals surface area contributed by atoms with Crippen molar-refractivity contribution >= 4 is 27.3 Å². The number of rotatable bonds is 4. The van der Waals surface area contributed by atoms with Crippen molar-refractivity contribution in [1.82, 2.24) is 10.3 Å². The van der Waals surface area contributed by atoms with Crippen LogP contribution in [0.1, 0.15) is 38.4 Å². The molecule has 0 radical (unpaired) electrons. The topological polar surface area (TPSA) is 105 Å². The van der Waals surface area contributed by atoms with Crippen molar-refractivity contribution in [3.8, 4) is 0 Å². The van der Waals surface area contributed by atoms with Crippen molar-refractivity contribution in [1.29, 1.82) is 0 Å². The predicted octanol–water partition coefficient (Wildman–Crippen LogP) is 1.87. The first-order valence-corrected chi connectivity index (χ1v) is 10.4. The van der Waals surface area contributed by atoms with Gasteiger partial charge in [-0.2, -0.15) is 0 Å². The van der Waals surface area contributed by atoms with Gasteiger partial charge >= 0.3 is 0 Å². The number of aryl methyl sites for hydroxylation is 2. The SMILES string of the molecule is Cc1ccc(NC(=O)c2ccnc(C(=O)NC3CCS(=O)(=O)C3)c2)c(C)c1. The molecule has 0 spiro atoms. The zero-order valence-corrected chi connectivity index (χ0v) is 16.0. The van der Waals surface area contributed by atoms with Gasteiger partial charge < -0.3 is 10.6 Å². The highest BCUT2D eigenvalue weighted by molar-refractivity contribution is 7.91. The molecule has 142 valence electrons. The van der Waals surface area contributed by atoms with Crippen LogP contribution in [0.3, 0.4) is 0 Å². The number of nitrogens with zero attached hydrogens (tertiary/aromatic N) is 1. The molecule has 3 rings (SSSR count). The minimum atomic E-state index is -3.09. The smallest absolute Gasteiger partial charge is 0.270 e. The molecular formula is C19H21N3O4S. The average molecular weight is 387 g/mol. The molecule has 1 aromatic heterocycles. The van der Waals surface area contributed by atoms with E-state index in [9.17, 15) is 18.0 Å². The zero-order valence-electron chi connectivity index (χ0n) is 15.2. The van der Waals surface area contributed by atoms with Crippen LogP contribution in [0.15, 0.2) is 36.5 Å². The van der Waals surface area contributed by atoms with Crippen LogP contribution in [0.4, 0.5) is 5.69 Å². The van der Waals surface area contributed by atoms with Crippen LogP contribution in [-0.4, -0.2) is 42.8 Å². The van der Waals surface area contributed by atoms with Gasteiger partial charge in [-0.05, 0) is 44.0 Å². The standard InChI is InChI=1S/C19H21N3O4S/c1-12-3-4-16(13(2)9-12)22-18(23)14-5-7-20-17(10-14)19(24)21-15-6-8-27(25,26)11-15/h3-5,7,9-10,15H,6,8,11H2,1-2H3,(H,21,24)(H,22,23). The Morgan fingerprint density at radius 2 is 1.89 bits per heavy atom. The van der Waals surface area contributed by atoms with Gasteiger partial charge in [0.1, 0.15) is 5.69 Å². The molecule has 1 unspecified atom stereocenters. The number of anilines is 1. The minimum absolute atomic E-state index is 0.0639. The quantitative estimate of drug-likeness (QED) is 0.833. The van der Waals surface area contributed by atoms with Gasteiger partial charge in [0, 0.05) is 23.5 Å². The number of nitrogens with one attached hydrogen (secondary N) is 2. The Balaban J connectivity index is 1.71. The molecule has 7 nitrogen and oxygen atoms in total. The van der Waals surface area contributed by atoms with E-state index in [2.05, 4.69) is 15.6 Å². The summed E-state index contributed by atoms with van der Waals surface area (Å²) in [5.74, 6) is -0.824. The van der Waals surface area contributed by atoms with Crippen molar-refractivity contribution in [2.24, 2.45) is 0 Å². The first-order chi connectivity index (χ1) is 12.7. The van der Waals surface area contributed by atoms with E-state index in [1.807, 2.05) is 32.0 Å². The van der Waals surface area contributed by atoms with E-state index in [1.54, 1.807) is 0 Å². The Morgan fingerprint density at radius 3 is 2.56 bits per heavy atom. The lowest BCUT2D eigenvalue weighted by atomic mass is 10.1. The van der Waals surface area contributed by atoms with E-state index in [0.717, 1.165) is 11.1 Å². The van der Waals surface area contributed by atoms with Gasteiger partial charge in [-0.3, -0.25) is 14.6 Å². The van der Waals surface area contributed by atoms with Crippen LogP contribution in [-0.2, 0) is 9.84 Å². The molecule has 8 heteroatoms. The van der Waals surface area contributed by atoms with Gasteiger partial charge in [0.25, 0.3) is 11.8 Å². The molecule has 2 heterocycles. The van der Waals surface area contributed by atoms with Crippen LogP contribution >= 0.6 is 0 Å². The highest BCUT2D eigenvalue weighted by Gasteiger charge is 2.29. The summed E-state index contributed by atoms with van der Waals surface area (Å²) in [6, 6.07) is 8.21. The number of hydrogen-bond acceptors (Lipinski definition) is 5. The van der Waals surface area contributed by atoms with Gasteiger partial charge in [-0.1, -0.05) is 17.7 Å². The van der Waals surface area contributed by atoms with Crippen LogP contribution in [0, 0.1) is 13.8 Å². The first-order valence-electron chi connectivity index (χ1n) is 8.59. The molecule has 0 saturated carbocycles. The van der Waals surface area contributed by atoms with Crippen molar-refractivity contribution in [2.45, 2.75) is 26.3 Å². The molecule has 0 aliphatic carbocycles. The molecule has 2 aromatic rings. The lowest BCUT2D eigenvalue weighted by Crippen LogP contribution is -2.36. The summed E-state index contributed by atoms with van der Waals surface area (Å²) in [7, 11) is -3.09. The summed E-state index contributed by atoms with van der Waals surface area (Å²) in [4.78, 5) is 28.8.